The molecule has 2 rings (SSSR count). The van der Waals surface area contributed by atoms with Gasteiger partial charge < -0.3 is 4.90 Å². The van der Waals surface area contributed by atoms with Gasteiger partial charge in [0, 0.05) is 24.7 Å². The summed E-state index contributed by atoms with van der Waals surface area (Å²) < 4.78 is 63.2. The van der Waals surface area contributed by atoms with Crippen molar-refractivity contribution in [2.45, 2.75) is 5.92 Å². The van der Waals surface area contributed by atoms with E-state index >= 15 is 0 Å². The summed E-state index contributed by atoms with van der Waals surface area (Å²) in [5.41, 5.74) is 0.909. The van der Waals surface area contributed by atoms with Crippen LogP contribution in [0.5, 0.6) is 0 Å². The Labute approximate surface area is 108 Å². The molecule has 1 unspecified atom stereocenters. The third-order valence-electron chi connectivity index (χ3n) is 3.02. The van der Waals surface area contributed by atoms with E-state index in [9.17, 15) is 19.4 Å². The number of benzene rings is 1. The van der Waals surface area contributed by atoms with E-state index in [4.69, 9.17) is 0 Å². The maximum Gasteiger partial charge on any atom is 0.286 e. The van der Waals surface area contributed by atoms with Crippen LogP contribution in [0.1, 0.15) is 11.5 Å². The van der Waals surface area contributed by atoms with Gasteiger partial charge in [-0.2, -0.15) is 0 Å². The van der Waals surface area contributed by atoms with Crippen LogP contribution in [0, 0.1) is 0 Å². The van der Waals surface area contributed by atoms with Crippen molar-refractivity contribution in [3.05, 3.63) is 42.5 Å². The molecule has 0 fully saturated rings. The molecule has 0 spiro atoms. The van der Waals surface area contributed by atoms with Crippen molar-refractivity contribution in [1.82, 2.24) is 0 Å². The fourth-order valence-corrected chi connectivity index (χ4v) is 3.48. The van der Waals surface area contributed by atoms with Gasteiger partial charge in [-0.3, -0.25) is 0 Å². The van der Waals surface area contributed by atoms with Crippen molar-refractivity contribution in [2.24, 2.45) is 0 Å². The fraction of sp³-hybridized carbons (Fsp3) is 0.333. The van der Waals surface area contributed by atoms with E-state index in [0.29, 0.717) is 17.8 Å². The molecular weight excluding hydrogens is 285 g/mol. The van der Waals surface area contributed by atoms with Crippen LogP contribution in [-0.2, 0) is 0 Å². The number of hydrogen-bond donors (Lipinski definition) is 0. The quantitative estimate of drug-likeness (QED) is 0.554. The van der Waals surface area contributed by atoms with Crippen molar-refractivity contribution in [3.8, 4) is 0 Å². The van der Waals surface area contributed by atoms with Gasteiger partial charge in [-0.1, -0.05) is 43.7 Å². The molecule has 1 aromatic carbocycles. The Bertz CT molecular complexity index is 510. The van der Waals surface area contributed by atoms with Crippen molar-refractivity contribution >= 4 is 15.9 Å². The second-order valence-electron chi connectivity index (χ2n) is 4.74. The number of hydrogen-bond acceptors (Lipinski definition) is 1. The highest BCUT2D eigenvalue weighted by Gasteiger charge is 2.64. The summed E-state index contributed by atoms with van der Waals surface area (Å²) in [4.78, 5) is 1.64. The number of fused-ring (bicyclic) bond motifs is 1. The van der Waals surface area contributed by atoms with E-state index in [1.165, 1.54) is 6.07 Å². The zero-order chi connectivity index (χ0) is 14.4. The predicted octanol–water partition coefficient (Wildman–Crippen LogP) is 5.07. The van der Waals surface area contributed by atoms with Crippen molar-refractivity contribution in [3.63, 3.8) is 0 Å². The molecule has 0 aromatic heterocycles. The second kappa shape index (κ2) is 3.65. The highest BCUT2D eigenvalue weighted by molar-refractivity contribution is 8.45. The summed E-state index contributed by atoms with van der Waals surface area (Å²) in [6, 6.07) is 6.36. The van der Waals surface area contributed by atoms with Crippen LogP contribution in [0.25, 0.3) is 0 Å². The van der Waals surface area contributed by atoms with Crippen LogP contribution in [0.3, 0.4) is 0 Å². The van der Waals surface area contributed by atoms with Gasteiger partial charge in [-0.15, -0.1) is 6.58 Å². The summed E-state index contributed by atoms with van der Waals surface area (Å²) in [5.74, 6) is -3.25. The molecule has 1 atom stereocenters. The molecule has 0 amide bonds. The number of anilines is 1. The molecule has 0 N–H and O–H groups in total. The van der Waals surface area contributed by atoms with Gasteiger partial charge in [0.05, 0.1) is 5.75 Å². The molecule has 0 saturated heterocycles. The van der Waals surface area contributed by atoms with Gasteiger partial charge in [0.1, 0.15) is 0 Å². The maximum absolute atomic E-state index is 12.6. The van der Waals surface area contributed by atoms with E-state index in [2.05, 4.69) is 6.58 Å². The molecular formula is C12H14F5NS. The molecule has 108 valence electrons. The molecule has 7 heteroatoms. The molecule has 0 bridgehead atoms. The Morgan fingerprint density at radius 2 is 1.84 bits per heavy atom. The zero-order valence-electron chi connectivity index (χ0n) is 10.0. The SMILES string of the molecule is C=CCN1CC(CS(F)(F)(F)(F)F)c2ccccc21. The van der Waals surface area contributed by atoms with Gasteiger partial charge in [0.2, 0.25) is 0 Å². The Morgan fingerprint density at radius 1 is 1.21 bits per heavy atom. The molecule has 19 heavy (non-hydrogen) atoms. The molecule has 1 aliphatic heterocycles. The lowest BCUT2D eigenvalue weighted by atomic mass is 10.0. The fourth-order valence-electron chi connectivity index (χ4n) is 2.43. The number of rotatable bonds is 4. The standard InChI is InChI=1S/C12H14F5NS/c1-2-7-18-8-10(9-19(13,14,15,16)17)11-5-3-4-6-12(11)18/h2-6,10H,1,7-9H2. The summed E-state index contributed by atoms with van der Waals surface area (Å²) in [6.45, 7) is 3.80. The lowest BCUT2D eigenvalue weighted by Crippen LogP contribution is -2.25. The first-order chi connectivity index (χ1) is 8.49. The first kappa shape index (κ1) is 14.2. The lowest BCUT2D eigenvalue weighted by molar-refractivity contribution is 0.358. The van der Waals surface area contributed by atoms with Gasteiger partial charge in [0.25, 0.3) is 10.2 Å². The zero-order valence-corrected chi connectivity index (χ0v) is 10.9. The minimum atomic E-state index is -9.40. The summed E-state index contributed by atoms with van der Waals surface area (Å²) in [6.07, 6.45) is 1.54. The van der Waals surface area contributed by atoms with Crippen molar-refractivity contribution in [1.29, 1.82) is 0 Å². The van der Waals surface area contributed by atoms with Crippen LogP contribution < -0.4 is 4.90 Å². The second-order valence-corrected chi connectivity index (χ2v) is 7.34. The smallest absolute Gasteiger partial charge is 0.286 e. The van der Waals surface area contributed by atoms with E-state index in [-0.39, 0.29) is 6.54 Å². The first-order valence-corrected chi connectivity index (χ1v) is 7.79. The number of para-hydroxylation sites is 1. The molecule has 0 radical (unpaired) electrons. The van der Waals surface area contributed by atoms with Crippen LogP contribution in [-0.4, -0.2) is 18.8 Å². The maximum atomic E-state index is 12.6. The van der Waals surface area contributed by atoms with Crippen LogP contribution >= 0.6 is 10.2 Å². The van der Waals surface area contributed by atoms with E-state index in [1.54, 1.807) is 29.2 Å². The largest absolute Gasteiger partial charge is 0.367 e. The molecule has 0 saturated carbocycles. The van der Waals surface area contributed by atoms with E-state index in [0.717, 1.165) is 0 Å². The Hall–Kier alpha value is -1.24. The summed E-state index contributed by atoms with van der Waals surface area (Å²) in [5, 5.41) is 0. The van der Waals surface area contributed by atoms with Crippen LogP contribution in [0.4, 0.5) is 25.1 Å². The first-order valence-electron chi connectivity index (χ1n) is 5.67. The van der Waals surface area contributed by atoms with Crippen LogP contribution in [0.2, 0.25) is 0 Å². The van der Waals surface area contributed by atoms with Crippen molar-refractivity contribution in [2.75, 3.05) is 23.7 Å². The molecule has 1 nitrogen and oxygen atoms in total. The topological polar surface area (TPSA) is 3.24 Å². The average Bonchev–Trinajstić information content (AvgIpc) is 2.54. The third kappa shape index (κ3) is 3.62. The summed E-state index contributed by atoms with van der Waals surface area (Å²) in [7, 11) is -9.40. The number of nitrogens with zero attached hydrogens (tertiary/aromatic N) is 1. The average molecular weight is 299 g/mol. The Kier molecular flexibility index (Phi) is 2.72. The number of halogens is 5. The Balaban J connectivity index is 2.34. The molecule has 1 heterocycles. The normalized spacial score (nSPS) is 22.6. The van der Waals surface area contributed by atoms with Gasteiger partial charge in [0.15, 0.2) is 0 Å². The Morgan fingerprint density at radius 3 is 2.42 bits per heavy atom. The predicted molar refractivity (Wildman–Crippen MR) is 69.6 cm³/mol. The minimum Gasteiger partial charge on any atom is -0.367 e. The van der Waals surface area contributed by atoms with Gasteiger partial charge in [-0.05, 0) is 11.6 Å². The van der Waals surface area contributed by atoms with Gasteiger partial charge >= 0.3 is 0 Å². The highest BCUT2D eigenvalue weighted by atomic mass is 32.5. The molecule has 1 aliphatic rings. The van der Waals surface area contributed by atoms with Gasteiger partial charge in [-0.25, -0.2) is 0 Å². The molecule has 0 aliphatic carbocycles. The summed E-state index contributed by atoms with van der Waals surface area (Å²) >= 11 is 0. The van der Waals surface area contributed by atoms with E-state index in [1.807, 2.05) is 0 Å². The molecule has 1 aromatic rings. The van der Waals surface area contributed by atoms with E-state index < -0.39 is 21.9 Å². The lowest BCUT2D eigenvalue weighted by Gasteiger charge is -2.42. The highest BCUT2D eigenvalue weighted by Crippen LogP contribution is 2.98. The minimum absolute atomic E-state index is 0.0586. The third-order valence-corrected chi connectivity index (χ3v) is 4.06. The van der Waals surface area contributed by atoms with Crippen LogP contribution in [0.15, 0.2) is 36.9 Å². The monoisotopic (exact) mass is 299 g/mol. The van der Waals surface area contributed by atoms with Crippen molar-refractivity contribution < 1.29 is 19.4 Å².